The lowest BCUT2D eigenvalue weighted by Gasteiger charge is -2.45. The van der Waals surface area contributed by atoms with Gasteiger partial charge in [0.15, 0.2) is 0 Å². The van der Waals surface area contributed by atoms with Crippen LogP contribution in [0.15, 0.2) is 12.1 Å². The average Bonchev–Trinajstić information content (AvgIpc) is 2.59. The predicted molar refractivity (Wildman–Crippen MR) is 96.9 cm³/mol. The van der Waals surface area contributed by atoms with Crippen molar-refractivity contribution < 1.29 is 29.3 Å². The molecule has 0 aromatic heterocycles. The van der Waals surface area contributed by atoms with E-state index in [1.807, 2.05) is 4.90 Å². The minimum absolute atomic E-state index is 0.0533. The number of carbonyl (C=O) groups is 3. The molecule has 1 aromatic rings. The molecule has 9 heteroatoms. The molecule has 0 aliphatic carbocycles. The van der Waals surface area contributed by atoms with E-state index in [9.17, 15) is 24.6 Å². The van der Waals surface area contributed by atoms with Crippen molar-refractivity contribution in [1.82, 2.24) is 4.90 Å². The maximum atomic E-state index is 12.6. The molecule has 1 saturated heterocycles. The third-order valence-electron chi connectivity index (χ3n) is 4.52. The minimum atomic E-state index is -1.17. The van der Waals surface area contributed by atoms with Crippen LogP contribution in [0.5, 0.6) is 0 Å². The molecular weight excluding hydrogens is 354 g/mol. The van der Waals surface area contributed by atoms with Gasteiger partial charge in [0.05, 0.1) is 30.1 Å². The molecule has 1 unspecified atom stereocenters. The quantitative estimate of drug-likeness (QED) is 0.710. The molecule has 1 aromatic carbocycles. The average molecular weight is 377 g/mol. The van der Waals surface area contributed by atoms with Crippen molar-refractivity contribution in [3.8, 4) is 0 Å². The van der Waals surface area contributed by atoms with Gasteiger partial charge in [0.2, 0.25) is 5.91 Å². The second kappa shape index (κ2) is 6.73. The Morgan fingerprint density at radius 3 is 2.59 bits per heavy atom. The highest BCUT2D eigenvalue weighted by Crippen LogP contribution is 2.36. The zero-order valence-corrected chi connectivity index (χ0v) is 15.5. The summed E-state index contributed by atoms with van der Waals surface area (Å²) in [5.41, 5.74) is 0.612. The van der Waals surface area contributed by atoms with Gasteiger partial charge in [-0.2, -0.15) is 0 Å². The largest absolute Gasteiger partial charge is 0.478 e. The van der Waals surface area contributed by atoms with E-state index in [4.69, 9.17) is 4.74 Å². The Kier molecular flexibility index (Phi) is 4.73. The van der Waals surface area contributed by atoms with E-state index < -0.39 is 30.3 Å². The lowest BCUT2D eigenvalue weighted by Crippen LogP contribution is -2.61. The molecule has 3 rings (SSSR count). The standard InChI is InChI=1S/C18H23N3O6/c1-18(2,3)27-17(26)20-4-5-21-13-6-10(9-22)11(16(24)25)7-12(13)19-15(23)14(21)8-20/h6-7,14,22H,4-5,8-9H2,1-3H3,(H,19,23)(H,24,25). The molecule has 0 radical (unpaired) electrons. The van der Waals surface area contributed by atoms with Crippen molar-refractivity contribution in [2.24, 2.45) is 0 Å². The monoisotopic (exact) mass is 377 g/mol. The van der Waals surface area contributed by atoms with Crippen LogP contribution in [-0.2, 0) is 16.1 Å². The molecule has 2 aliphatic heterocycles. The summed E-state index contributed by atoms with van der Waals surface area (Å²) in [6.07, 6.45) is -0.474. The summed E-state index contributed by atoms with van der Waals surface area (Å²) in [5.74, 6) is -1.49. The molecule has 1 fully saturated rings. The smallest absolute Gasteiger partial charge is 0.410 e. The topological polar surface area (TPSA) is 119 Å². The summed E-state index contributed by atoms with van der Waals surface area (Å²) in [7, 11) is 0. The molecule has 2 heterocycles. The number of nitrogens with one attached hydrogen (secondary N) is 1. The number of aromatic carboxylic acids is 1. The summed E-state index contributed by atoms with van der Waals surface area (Å²) < 4.78 is 5.38. The summed E-state index contributed by atoms with van der Waals surface area (Å²) >= 11 is 0. The lowest BCUT2D eigenvalue weighted by molar-refractivity contribution is -0.118. The number of hydrogen-bond donors (Lipinski definition) is 3. The first-order valence-electron chi connectivity index (χ1n) is 8.67. The van der Waals surface area contributed by atoms with Crippen LogP contribution in [0.3, 0.4) is 0 Å². The molecule has 0 spiro atoms. The van der Waals surface area contributed by atoms with E-state index in [1.54, 1.807) is 26.8 Å². The first-order chi connectivity index (χ1) is 12.6. The molecule has 146 valence electrons. The number of carbonyl (C=O) groups excluding carboxylic acids is 2. The second-order valence-electron chi connectivity index (χ2n) is 7.61. The van der Waals surface area contributed by atoms with Crippen LogP contribution in [-0.4, -0.2) is 64.4 Å². The number of benzene rings is 1. The number of carboxylic acid groups (broad SMARTS) is 1. The van der Waals surface area contributed by atoms with Gasteiger partial charge in [-0.15, -0.1) is 0 Å². The molecule has 0 saturated carbocycles. The molecule has 2 amide bonds. The summed E-state index contributed by atoms with van der Waals surface area (Å²) in [4.78, 5) is 39.6. The van der Waals surface area contributed by atoms with Crippen LogP contribution >= 0.6 is 0 Å². The van der Waals surface area contributed by atoms with Crippen LogP contribution in [0.2, 0.25) is 0 Å². The van der Waals surface area contributed by atoms with Gasteiger partial charge < -0.3 is 30.1 Å². The summed E-state index contributed by atoms with van der Waals surface area (Å²) in [6.45, 7) is 5.83. The zero-order chi connectivity index (χ0) is 19.9. The highest BCUT2D eigenvalue weighted by molar-refractivity contribution is 6.06. The van der Waals surface area contributed by atoms with E-state index in [-0.39, 0.29) is 23.6 Å². The number of fused-ring (bicyclic) bond motifs is 3. The Hall–Kier alpha value is -2.81. The van der Waals surface area contributed by atoms with Gasteiger partial charge in [0.1, 0.15) is 11.6 Å². The molecular formula is C18H23N3O6. The third-order valence-corrected chi connectivity index (χ3v) is 4.52. The molecule has 2 aliphatic rings. The van der Waals surface area contributed by atoms with Crippen LogP contribution in [0.4, 0.5) is 16.2 Å². The molecule has 3 N–H and O–H groups in total. The highest BCUT2D eigenvalue weighted by Gasteiger charge is 2.40. The number of aliphatic hydroxyl groups excluding tert-OH is 1. The van der Waals surface area contributed by atoms with Crippen molar-refractivity contribution >= 4 is 29.3 Å². The number of anilines is 2. The summed E-state index contributed by atoms with van der Waals surface area (Å²) in [6, 6.07) is 2.33. The maximum Gasteiger partial charge on any atom is 0.410 e. The number of carboxylic acids is 1. The van der Waals surface area contributed by atoms with E-state index in [2.05, 4.69) is 5.32 Å². The second-order valence-corrected chi connectivity index (χ2v) is 7.61. The Balaban J connectivity index is 1.88. The van der Waals surface area contributed by atoms with E-state index >= 15 is 0 Å². The van der Waals surface area contributed by atoms with Gasteiger partial charge in [-0.25, -0.2) is 9.59 Å². The van der Waals surface area contributed by atoms with E-state index in [0.29, 0.717) is 24.5 Å². The number of piperazine rings is 1. The van der Waals surface area contributed by atoms with Crippen molar-refractivity contribution in [3.63, 3.8) is 0 Å². The number of aliphatic hydroxyl groups is 1. The molecule has 9 nitrogen and oxygen atoms in total. The lowest BCUT2D eigenvalue weighted by atomic mass is 9.99. The van der Waals surface area contributed by atoms with Crippen LogP contribution < -0.4 is 10.2 Å². The fourth-order valence-corrected chi connectivity index (χ4v) is 3.30. The van der Waals surface area contributed by atoms with Crippen LogP contribution in [0.1, 0.15) is 36.7 Å². The van der Waals surface area contributed by atoms with Crippen molar-refractivity contribution in [2.45, 2.75) is 39.0 Å². The predicted octanol–water partition coefficient (Wildman–Crippen LogP) is 1.25. The number of hydrogen-bond acceptors (Lipinski definition) is 6. The van der Waals surface area contributed by atoms with Gasteiger partial charge >= 0.3 is 12.1 Å². The van der Waals surface area contributed by atoms with Crippen LogP contribution in [0, 0.1) is 0 Å². The first-order valence-corrected chi connectivity index (χ1v) is 8.67. The van der Waals surface area contributed by atoms with Crippen molar-refractivity contribution in [3.05, 3.63) is 23.3 Å². The fraction of sp³-hybridized carbons (Fsp3) is 0.500. The van der Waals surface area contributed by atoms with E-state index in [1.165, 1.54) is 11.0 Å². The van der Waals surface area contributed by atoms with E-state index in [0.717, 1.165) is 0 Å². The Bertz CT molecular complexity index is 801. The Labute approximate surface area is 156 Å². The number of rotatable bonds is 2. The number of amides is 2. The van der Waals surface area contributed by atoms with Gasteiger partial charge in [-0.3, -0.25) is 4.79 Å². The maximum absolute atomic E-state index is 12.6. The minimum Gasteiger partial charge on any atom is -0.478 e. The van der Waals surface area contributed by atoms with Gasteiger partial charge in [0, 0.05) is 13.1 Å². The van der Waals surface area contributed by atoms with Gasteiger partial charge in [-0.1, -0.05) is 0 Å². The number of nitrogens with zero attached hydrogens (tertiary/aromatic N) is 2. The third kappa shape index (κ3) is 3.68. The normalized spacial score (nSPS) is 19.1. The highest BCUT2D eigenvalue weighted by atomic mass is 16.6. The van der Waals surface area contributed by atoms with Gasteiger partial charge in [0.25, 0.3) is 0 Å². The molecule has 0 bridgehead atoms. The van der Waals surface area contributed by atoms with Crippen molar-refractivity contribution in [2.75, 3.05) is 29.9 Å². The van der Waals surface area contributed by atoms with Crippen LogP contribution in [0.25, 0.3) is 0 Å². The summed E-state index contributed by atoms with van der Waals surface area (Å²) in [5, 5.41) is 21.5. The zero-order valence-electron chi connectivity index (χ0n) is 15.5. The van der Waals surface area contributed by atoms with Crippen molar-refractivity contribution in [1.29, 1.82) is 0 Å². The first kappa shape index (κ1) is 19.0. The molecule has 27 heavy (non-hydrogen) atoms. The fourth-order valence-electron chi connectivity index (χ4n) is 3.30. The SMILES string of the molecule is CC(C)(C)OC(=O)N1CCN2c3cc(CO)c(C(=O)O)cc3NC(=O)C2C1. The Morgan fingerprint density at radius 2 is 2.00 bits per heavy atom. The molecule has 1 atom stereocenters. The van der Waals surface area contributed by atoms with Gasteiger partial charge in [-0.05, 0) is 38.5 Å². The Morgan fingerprint density at radius 1 is 1.30 bits per heavy atom. The number of ether oxygens (including phenoxy) is 1.